The summed E-state index contributed by atoms with van der Waals surface area (Å²) in [6.07, 6.45) is 7.55. The van der Waals surface area contributed by atoms with Crippen molar-refractivity contribution in [2.45, 2.75) is 39.2 Å². The summed E-state index contributed by atoms with van der Waals surface area (Å²) >= 11 is 0. The first kappa shape index (κ1) is 15.4. The molecular weight excluding hydrogens is 240 g/mol. The number of unbranched alkanes of at least 4 members (excludes halogenated alkanes) is 3. The zero-order valence-electron chi connectivity index (χ0n) is 11.5. The van der Waals surface area contributed by atoms with Gasteiger partial charge < -0.3 is 9.84 Å². The molecule has 0 aliphatic rings. The van der Waals surface area contributed by atoms with Crippen LogP contribution in [0, 0.1) is 0 Å². The highest BCUT2D eigenvalue weighted by Gasteiger charge is 1.96. The van der Waals surface area contributed by atoms with E-state index in [4.69, 9.17) is 9.84 Å². The Balaban J connectivity index is 2.34. The van der Waals surface area contributed by atoms with Crippen LogP contribution in [0.5, 0.6) is 0 Å². The minimum Gasteiger partial charge on any atom is -0.478 e. The second-order valence-corrected chi connectivity index (χ2v) is 4.53. The van der Waals surface area contributed by atoms with Crippen molar-refractivity contribution >= 4 is 12.0 Å². The van der Waals surface area contributed by atoms with Gasteiger partial charge in [-0.15, -0.1) is 0 Å². The van der Waals surface area contributed by atoms with E-state index in [0.717, 1.165) is 30.2 Å². The highest BCUT2D eigenvalue weighted by atomic mass is 16.5. The first-order chi connectivity index (χ1) is 9.22. The smallest absolute Gasteiger partial charge is 0.328 e. The fraction of sp³-hybridized carbons (Fsp3) is 0.438. The number of carbonyl (C=O) groups is 1. The second-order valence-electron chi connectivity index (χ2n) is 4.53. The Bertz CT molecular complexity index is 410. The predicted molar refractivity (Wildman–Crippen MR) is 76.9 cm³/mol. The molecule has 0 saturated carbocycles. The fourth-order valence-corrected chi connectivity index (χ4v) is 1.78. The second kappa shape index (κ2) is 9.34. The molecule has 0 amide bonds. The molecule has 0 aromatic heterocycles. The summed E-state index contributed by atoms with van der Waals surface area (Å²) in [6.45, 7) is 3.56. The number of carboxylic acid groups (broad SMARTS) is 1. The van der Waals surface area contributed by atoms with Crippen molar-refractivity contribution < 1.29 is 14.6 Å². The van der Waals surface area contributed by atoms with E-state index in [0.29, 0.717) is 6.61 Å². The van der Waals surface area contributed by atoms with Crippen molar-refractivity contribution in [3.63, 3.8) is 0 Å². The predicted octanol–water partition coefficient (Wildman–Crippen LogP) is 3.88. The van der Waals surface area contributed by atoms with Crippen LogP contribution >= 0.6 is 0 Å². The maximum atomic E-state index is 10.4. The van der Waals surface area contributed by atoms with E-state index < -0.39 is 5.97 Å². The Labute approximate surface area is 114 Å². The van der Waals surface area contributed by atoms with Crippen LogP contribution in [0.4, 0.5) is 0 Å². The van der Waals surface area contributed by atoms with E-state index in [9.17, 15) is 4.79 Å². The monoisotopic (exact) mass is 262 g/mol. The molecule has 3 heteroatoms. The van der Waals surface area contributed by atoms with Gasteiger partial charge in [0.05, 0.1) is 6.61 Å². The molecule has 19 heavy (non-hydrogen) atoms. The van der Waals surface area contributed by atoms with Crippen LogP contribution in [0.15, 0.2) is 30.3 Å². The van der Waals surface area contributed by atoms with Gasteiger partial charge in [-0.3, -0.25) is 0 Å². The van der Waals surface area contributed by atoms with Crippen LogP contribution in [0.2, 0.25) is 0 Å². The van der Waals surface area contributed by atoms with Crippen LogP contribution in [-0.4, -0.2) is 17.7 Å². The third-order valence-corrected chi connectivity index (χ3v) is 2.78. The molecule has 0 saturated heterocycles. The van der Waals surface area contributed by atoms with Gasteiger partial charge in [-0.05, 0) is 29.7 Å². The van der Waals surface area contributed by atoms with Gasteiger partial charge in [0, 0.05) is 12.7 Å². The normalized spacial score (nSPS) is 11.0. The first-order valence-electron chi connectivity index (χ1n) is 6.80. The van der Waals surface area contributed by atoms with E-state index in [1.165, 1.54) is 19.3 Å². The molecule has 1 aromatic carbocycles. The van der Waals surface area contributed by atoms with E-state index in [1.54, 1.807) is 6.08 Å². The van der Waals surface area contributed by atoms with Crippen LogP contribution in [-0.2, 0) is 16.1 Å². The summed E-state index contributed by atoms with van der Waals surface area (Å²) in [5.41, 5.74) is 1.96. The molecule has 0 aliphatic heterocycles. The molecule has 104 valence electrons. The molecule has 0 unspecified atom stereocenters. The molecule has 1 rings (SSSR count). The summed E-state index contributed by atoms with van der Waals surface area (Å²) in [5, 5.41) is 8.58. The van der Waals surface area contributed by atoms with Gasteiger partial charge in [0.1, 0.15) is 0 Å². The van der Waals surface area contributed by atoms with Gasteiger partial charge in [-0.2, -0.15) is 0 Å². The summed E-state index contributed by atoms with van der Waals surface area (Å²) in [5.74, 6) is -0.933. The first-order valence-corrected chi connectivity index (χ1v) is 6.80. The van der Waals surface area contributed by atoms with Crippen LogP contribution in [0.1, 0.15) is 43.7 Å². The number of hydrogen-bond acceptors (Lipinski definition) is 2. The third-order valence-electron chi connectivity index (χ3n) is 2.78. The number of carboxylic acids is 1. The molecule has 0 bridgehead atoms. The van der Waals surface area contributed by atoms with E-state index in [-0.39, 0.29) is 0 Å². The van der Waals surface area contributed by atoms with Gasteiger partial charge in [0.15, 0.2) is 0 Å². The van der Waals surface area contributed by atoms with Gasteiger partial charge in [-0.25, -0.2) is 4.79 Å². The zero-order chi connectivity index (χ0) is 13.9. The Morgan fingerprint density at radius 1 is 1.32 bits per heavy atom. The lowest BCUT2D eigenvalue weighted by atomic mass is 10.1. The van der Waals surface area contributed by atoms with Crippen LogP contribution < -0.4 is 0 Å². The van der Waals surface area contributed by atoms with Crippen molar-refractivity contribution in [1.82, 2.24) is 0 Å². The van der Waals surface area contributed by atoms with Gasteiger partial charge in [0.25, 0.3) is 0 Å². The minimum absolute atomic E-state index is 0.584. The molecule has 1 N–H and O–H groups in total. The van der Waals surface area contributed by atoms with Gasteiger partial charge in [0.2, 0.25) is 0 Å². The Morgan fingerprint density at radius 2 is 2.16 bits per heavy atom. The summed E-state index contributed by atoms with van der Waals surface area (Å²) in [4.78, 5) is 10.4. The summed E-state index contributed by atoms with van der Waals surface area (Å²) in [7, 11) is 0. The van der Waals surface area contributed by atoms with Gasteiger partial charge in [-0.1, -0.05) is 44.4 Å². The van der Waals surface area contributed by atoms with E-state index >= 15 is 0 Å². The lowest BCUT2D eigenvalue weighted by Gasteiger charge is -2.05. The molecule has 0 fully saturated rings. The average Bonchev–Trinajstić information content (AvgIpc) is 2.41. The highest BCUT2D eigenvalue weighted by molar-refractivity contribution is 5.85. The molecule has 0 heterocycles. The number of benzene rings is 1. The van der Waals surface area contributed by atoms with Crippen molar-refractivity contribution in [2.24, 2.45) is 0 Å². The lowest BCUT2D eigenvalue weighted by Crippen LogP contribution is -1.96. The average molecular weight is 262 g/mol. The third kappa shape index (κ3) is 7.42. The number of ether oxygens (including phenoxy) is 1. The summed E-state index contributed by atoms with van der Waals surface area (Å²) < 4.78 is 5.61. The van der Waals surface area contributed by atoms with Gasteiger partial charge >= 0.3 is 5.97 Å². The zero-order valence-corrected chi connectivity index (χ0v) is 11.5. The molecule has 0 spiro atoms. The number of rotatable bonds is 9. The molecule has 0 aliphatic carbocycles. The topological polar surface area (TPSA) is 46.5 Å². The van der Waals surface area contributed by atoms with Crippen molar-refractivity contribution in [2.75, 3.05) is 6.61 Å². The molecule has 1 aromatic rings. The lowest BCUT2D eigenvalue weighted by molar-refractivity contribution is -0.131. The number of aliphatic carboxylic acids is 1. The maximum Gasteiger partial charge on any atom is 0.328 e. The molecule has 3 nitrogen and oxygen atoms in total. The minimum atomic E-state index is -0.933. The van der Waals surface area contributed by atoms with Crippen LogP contribution in [0.3, 0.4) is 0 Å². The SMILES string of the molecule is CCCCCCOCc1cccc(/C=C/C(=O)O)c1. The highest BCUT2D eigenvalue weighted by Crippen LogP contribution is 2.09. The van der Waals surface area contributed by atoms with E-state index in [2.05, 4.69) is 6.92 Å². The van der Waals surface area contributed by atoms with Crippen molar-refractivity contribution in [3.8, 4) is 0 Å². The van der Waals surface area contributed by atoms with Crippen molar-refractivity contribution in [1.29, 1.82) is 0 Å². The maximum absolute atomic E-state index is 10.4. The molecule has 0 radical (unpaired) electrons. The quantitative estimate of drug-likeness (QED) is 0.542. The molecular formula is C16H22O3. The Hall–Kier alpha value is -1.61. The standard InChI is InChI=1S/C16H22O3/c1-2-3-4-5-11-19-13-15-8-6-7-14(12-15)9-10-16(17)18/h6-10,12H,2-5,11,13H2,1H3,(H,17,18)/b10-9+. The van der Waals surface area contributed by atoms with Crippen molar-refractivity contribution in [3.05, 3.63) is 41.5 Å². The van der Waals surface area contributed by atoms with Crippen LogP contribution in [0.25, 0.3) is 6.08 Å². The molecule has 0 atom stereocenters. The van der Waals surface area contributed by atoms with E-state index in [1.807, 2.05) is 24.3 Å². The summed E-state index contributed by atoms with van der Waals surface area (Å²) in [6, 6.07) is 7.73. The fourth-order valence-electron chi connectivity index (χ4n) is 1.78. The Morgan fingerprint density at radius 3 is 2.89 bits per heavy atom. The number of hydrogen-bond donors (Lipinski definition) is 1. The largest absolute Gasteiger partial charge is 0.478 e. The Kier molecular flexibility index (Phi) is 7.59.